The second kappa shape index (κ2) is 36.1. The van der Waals surface area contributed by atoms with Crippen molar-refractivity contribution in [3.8, 4) is 100 Å². The van der Waals surface area contributed by atoms with Gasteiger partial charge in [0, 0.05) is 67.0 Å². The summed E-state index contributed by atoms with van der Waals surface area (Å²) in [7, 11) is 0. The minimum Gasteiger partial charge on any atom is -0.310 e. The first kappa shape index (κ1) is 86.6. The largest absolute Gasteiger partial charge is 0.310 e. The molecule has 4 heteroatoms. The van der Waals surface area contributed by atoms with Crippen LogP contribution in [0, 0.1) is 20.8 Å². The Bertz CT molecular complexity index is 9260. The number of para-hydroxylation sites is 2. The molecule has 0 N–H and O–H groups in total. The molecule has 143 heavy (non-hydrogen) atoms. The molecule has 0 aliphatic heterocycles. The van der Waals surface area contributed by atoms with Crippen molar-refractivity contribution in [1.29, 1.82) is 0 Å². The van der Waals surface area contributed by atoms with Crippen molar-refractivity contribution >= 4 is 142 Å². The third-order valence-electron chi connectivity index (χ3n) is 29.3. The lowest BCUT2D eigenvalue weighted by molar-refractivity contribution is 0.590. The van der Waals surface area contributed by atoms with E-state index >= 15 is 0 Å². The molecule has 26 aromatic rings. The van der Waals surface area contributed by atoms with Crippen molar-refractivity contribution in [2.45, 2.75) is 47.0 Å². The van der Waals surface area contributed by atoms with E-state index in [0.29, 0.717) is 0 Å². The van der Waals surface area contributed by atoms with Crippen molar-refractivity contribution in [2.24, 2.45) is 0 Å². The zero-order valence-electron chi connectivity index (χ0n) is 80.8. The summed E-state index contributed by atoms with van der Waals surface area (Å²) in [4.78, 5) is 4.84. The Balaban J connectivity index is 0.000000150. The van der Waals surface area contributed by atoms with Gasteiger partial charge >= 0.3 is 0 Å². The molecule has 0 unspecified atom stereocenters. The third-order valence-corrected chi connectivity index (χ3v) is 29.3. The molecule has 2 aromatic heterocycles. The second-order valence-corrected chi connectivity index (χ2v) is 39.2. The van der Waals surface area contributed by atoms with Crippen molar-refractivity contribution in [3.63, 3.8) is 0 Å². The average molecular weight is 1830 g/mol. The van der Waals surface area contributed by atoms with Crippen LogP contribution in [-0.4, -0.2) is 9.13 Å². The Labute approximate surface area is 834 Å². The molecule has 0 spiro atoms. The topological polar surface area (TPSA) is 16.3 Å². The van der Waals surface area contributed by atoms with Crippen LogP contribution in [0.3, 0.4) is 0 Å². The number of aromatic nitrogens is 2. The van der Waals surface area contributed by atoms with Gasteiger partial charge in [0.2, 0.25) is 0 Å². The maximum atomic E-state index is 2.42. The fraction of sp³-hybridized carbons (Fsp3) is 0.0504. The highest BCUT2D eigenvalue weighted by Gasteiger charge is 2.27. The molecule has 0 saturated carbocycles. The van der Waals surface area contributed by atoms with Gasteiger partial charge in [0.25, 0.3) is 0 Å². The van der Waals surface area contributed by atoms with E-state index in [-0.39, 0.29) is 5.41 Å². The van der Waals surface area contributed by atoms with Crippen molar-refractivity contribution in [3.05, 3.63) is 532 Å². The Morgan fingerprint density at radius 3 is 0.755 bits per heavy atom. The first-order valence-electron chi connectivity index (χ1n) is 49.7. The van der Waals surface area contributed by atoms with Crippen LogP contribution in [-0.2, 0) is 5.41 Å². The first-order chi connectivity index (χ1) is 70.3. The van der Waals surface area contributed by atoms with Gasteiger partial charge < -0.3 is 18.9 Å². The number of benzene rings is 24. The van der Waals surface area contributed by atoms with Gasteiger partial charge in [-0.05, 0) is 342 Å². The second-order valence-electron chi connectivity index (χ2n) is 39.2. The zero-order valence-corrected chi connectivity index (χ0v) is 80.8. The molecule has 0 radical (unpaired) electrons. The molecule has 24 aromatic carbocycles. The molecular formula is C139H102N4. The summed E-state index contributed by atoms with van der Waals surface area (Å²) in [6, 6.07) is 188. The Hall–Kier alpha value is -18.0. The fourth-order valence-corrected chi connectivity index (χ4v) is 22.6. The lowest BCUT2D eigenvalue weighted by atomic mass is 9.86. The van der Waals surface area contributed by atoms with Gasteiger partial charge in [-0.3, -0.25) is 0 Å². The predicted octanol–water partition coefficient (Wildman–Crippen LogP) is 39.0. The lowest BCUT2D eigenvalue weighted by Crippen LogP contribution is -2.10. The van der Waals surface area contributed by atoms with Gasteiger partial charge in [0.15, 0.2) is 0 Å². The third kappa shape index (κ3) is 15.8. The maximum Gasteiger partial charge on any atom is 0.0542 e. The van der Waals surface area contributed by atoms with Crippen molar-refractivity contribution < 1.29 is 0 Å². The highest BCUT2D eigenvalue weighted by atomic mass is 15.2. The Morgan fingerprint density at radius 1 is 0.168 bits per heavy atom. The maximum absolute atomic E-state index is 2.42. The molecule has 0 bridgehead atoms. The summed E-state index contributed by atoms with van der Waals surface area (Å²) in [6.07, 6.45) is 0. The number of rotatable bonds is 16. The zero-order chi connectivity index (χ0) is 95.9. The average Bonchev–Trinajstić information content (AvgIpc) is 1.63. The van der Waals surface area contributed by atoms with E-state index in [0.717, 1.165) is 45.5 Å². The quantitative estimate of drug-likeness (QED) is 0.0897. The van der Waals surface area contributed by atoms with E-state index in [1.54, 1.807) is 0 Å². The summed E-state index contributed by atoms with van der Waals surface area (Å²) < 4.78 is 4.83. The van der Waals surface area contributed by atoms with E-state index in [4.69, 9.17) is 0 Å². The van der Waals surface area contributed by atoms with Crippen LogP contribution in [0.4, 0.5) is 34.1 Å². The van der Waals surface area contributed by atoms with Gasteiger partial charge in [0.05, 0.1) is 22.1 Å². The molecule has 2 heterocycles. The van der Waals surface area contributed by atoms with Crippen LogP contribution in [0.15, 0.2) is 510 Å². The lowest BCUT2D eigenvalue weighted by Gasteiger charge is -2.26. The normalized spacial score (nSPS) is 11.7. The number of anilines is 6. The predicted molar refractivity (Wildman–Crippen MR) is 612 cm³/mol. The van der Waals surface area contributed by atoms with Crippen LogP contribution < -0.4 is 9.80 Å². The molecule has 0 aliphatic rings. The van der Waals surface area contributed by atoms with Crippen LogP contribution in [0.2, 0.25) is 0 Å². The van der Waals surface area contributed by atoms with Crippen LogP contribution in [0.5, 0.6) is 0 Å². The summed E-state index contributed by atoms with van der Waals surface area (Å²) >= 11 is 0. The summed E-state index contributed by atoms with van der Waals surface area (Å²) in [5, 5.41) is 19.8. The highest BCUT2D eigenvalue weighted by molar-refractivity contribution is 6.24. The highest BCUT2D eigenvalue weighted by Crippen LogP contribution is 2.51. The van der Waals surface area contributed by atoms with E-state index in [9.17, 15) is 0 Å². The number of nitrogens with zero attached hydrogens (tertiary/aromatic N) is 4. The Morgan fingerprint density at radius 2 is 0.413 bits per heavy atom. The summed E-state index contributed by atoms with van der Waals surface area (Å²) in [5.41, 5.74) is 38.4. The first-order valence-corrected chi connectivity index (χ1v) is 49.7. The van der Waals surface area contributed by atoms with E-state index in [1.165, 1.54) is 220 Å². The fourth-order valence-electron chi connectivity index (χ4n) is 22.6. The summed E-state index contributed by atoms with van der Waals surface area (Å²) in [6.45, 7) is 13.5. The van der Waals surface area contributed by atoms with Crippen LogP contribution >= 0.6 is 0 Å². The monoisotopic (exact) mass is 1830 g/mol. The van der Waals surface area contributed by atoms with Crippen molar-refractivity contribution in [1.82, 2.24) is 9.13 Å². The molecule has 678 valence electrons. The number of hydrogen-bond donors (Lipinski definition) is 0. The minimum atomic E-state index is 0.0852. The summed E-state index contributed by atoms with van der Waals surface area (Å²) in [5.74, 6) is 0. The Kier molecular flexibility index (Phi) is 21.9. The molecule has 0 amide bonds. The minimum absolute atomic E-state index is 0.0852. The number of hydrogen-bond acceptors (Lipinski definition) is 2. The number of fused-ring (bicyclic) bond motifs is 12. The molecule has 0 fully saturated rings. The van der Waals surface area contributed by atoms with Gasteiger partial charge in [0.1, 0.15) is 0 Å². The molecule has 4 nitrogen and oxygen atoms in total. The SMILES string of the molecule is CC(C)(C)c1ccc(-c2ccc3c(c2)c2cc(N(c4ccc(-c5ccc6ccccc6c5)cc4)c4ccc(-c5c6ccccc6c(-c6ccccc6)c6ccccc56)cc4)ccc2n3-c2ccccc2)cc1.Cc1cc(C)c(-c2ccc3c(c2)c2cc(N(c4ccc(-c5ccc6ccccc6c5)cc4)c4ccc(-c5c6ccccc6c(-c6ccccc6)c6ccccc56)cc4)ccc2n3-c2ccccc2)c(C)c1. The smallest absolute Gasteiger partial charge is 0.0542 e. The van der Waals surface area contributed by atoms with Gasteiger partial charge in [-0.15, -0.1) is 0 Å². The van der Waals surface area contributed by atoms with E-state index in [2.05, 4.69) is 570 Å². The van der Waals surface area contributed by atoms with Gasteiger partial charge in [-0.25, -0.2) is 0 Å². The van der Waals surface area contributed by atoms with Crippen LogP contribution in [0.1, 0.15) is 43.0 Å². The standard InChI is InChI=1S/C70H52N2.C69H50N2/c1-70(2,3)55-35-28-48(29-36-55)54-34-42-66-64(45-54)65-46-59(41-43-67(65)72(66)56-20-8-5-9-21-56)71(57-37-30-49(31-38-57)53-27-26-47-16-10-11-19-52(47)44-53)58-39-32-51(33-40-58)69-62-24-14-12-22-60(62)68(50-17-6-4-7-18-50)61-23-13-15-25-63(61)69;1-45-40-46(2)67(47(3)41-45)54-32-38-65-63(43-54)64-44-58(37-39-66(64)71(65)55-20-8-5-9-21-55)70(56-33-28-49(29-34-56)53-27-26-48-16-10-11-19-52(48)42-53)57-35-30-51(31-36-57)69-61-24-14-12-22-59(61)68(50-17-6-4-7-18-50)60-23-13-15-25-62(60)69/h4-46H,1-3H3;4-44H,1-3H3. The molecule has 0 aliphatic carbocycles. The van der Waals surface area contributed by atoms with Crippen LogP contribution in [0.25, 0.3) is 209 Å². The van der Waals surface area contributed by atoms with E-state index in [1.807, 2.05) is 0 Å². The van der Waals surface area contributed by atoms with Crippen molar-refractivity contribution in [2.75, 3.05) is 9.80 Å². The molecule has 0 atom stereocenters. The van der Waals surface area contributed by atoms with Gasteiger partial charge in [-0.1, -0.05) is 390 Å². The number of aryl methyl sites for hydroxylation is 3. The molecule has 26 rings (SSSR count). The van der Waals surface area contributed by atoms with E-state index < -0.39 is 0 Å². The van der Waals surface area contributed by atoms with Gasteiger partial charge in [-0.2, -0.15) is 0 Å². The molecular weight excluding hydrogens is 1730 g/mol. The molecule has 0 saturated heterocycles.